The van der Waals surface area contributed by atoms with E-state index in [0.29, 0.717) is 10.9 Å². The topological polar surface area (TPSA) is 84.5 Å². The third-order valence-corrected chi connectivity index (χ3v) is 6.42. The second-order valence-electron chi connectivity index (χ2n) is 6.58. The van der Waals surface area contributed by atoms with E-state index >= 15 is 0 Å². The number of anilines is 1. The Bertz CT molecular complexity index is 1190. The highest BCUT2D eigenvalue weighted by molar-refractivity contribution is 9.10. The molecule has 0 aromatic heterocycles. The third kappa shape index (κ3) is 5.90. The van der Waals surface area contributed by atoms with E-state index in [-0.39, 0.29) is 28.4 Å². The number of carbonyl (C=O) groups excluding carboxylic acids is 1. The number of benzene rings is 3. The molecule has 1 amide bonds. The quantitative estimate of drug-likeness (QED) is 0.475. The van der Waals surface area contributed by atoms with Gasteiger partial charge in [-0.1, -0.05) is 46.3 Å². The molecule has 0 radical (unpaired) electrons. The van der Waals surface area contributed by atoms with Crippen LogP contribution in [0.4, 0.5) is 10.1 Å². The third-order valence-electron chi connectivity index (χ3n) is 4.44. The zero-order chi connectivity index (χ0) is 22.4. The Morgan fingerprint density at radius 1 is 1.06 bits per heavy atom. The van der Waals surface area contributed by atoms with Gasteiger partial charge < -0.3 is 10.1 Å². The molecule has 0 saturated carbocycles. The average Bonchev–Trinajstić information content (AvgIpc) is 2.75. The molecule has 2 N–H and O–H groups in total. The van der Waals surface area contributed by atoms with Crippen LogP contribution in [0, 0.1) is 5.82 Å². The number of methoxy groups -OCH3 is 1. The van der Waals surface area contributed by atoms with Crippen LogP contribution in [0.25, 0.3) is 0 Å². The first-order valence-electron chi connectivity index (χ1n) is 9.28. The number of sulfonamides is 1. The Hall–Kier alpha value is -2.75. The molecular weight excluding hydrogens is 487 g/mol. The summed E-state index contributed by atoms with van der Waals surface area (Å²) in [5.41, 5.74) is 1.02. The average molecular weight is 507 g/mol. The summed E-state index contributed by atoms with van der Waals surface area (Å²) in [6.07, 6.45) is 0.505. The summed E-state index contributed by atoms with van der Waals surface area (Å²) in [5.74, 6) is -1.17. The first-order valence-corrected chi connectivity index (χ1v) is 11.6. The van der Waals surface area contributed by atoms with E-state index in [0.717, 1.165) is 5.56 Å². The minimum atomic E-state index is -3.95. The number of ether oxygens (including phenoxy) is 1. The number of carbonyl (C=O) groups is 1. The van der Waals surface area contributed by atoms with Gasteiger partial charge in [-0.25, -0.2) is 17.5 Å². The van der Waals surface area contributed by atoms with Gasteiger partial charge in [0.05, 0.1) is 12.8 Å². The van der Waals surface area contributed by atoms with Crippen molar-refractivity contribution in [3.63, 3.8) is 0 Å². The summed E-state index contributed by atoms with van der Waals surface area (Å²) in [4.78, 5) is 12.4. The van der Waals surface area contributed by atoms with E-state index in [1.807, 2.05) is 30.3 Å². The molecule has 0 saturated heterocycles. The number of nitrogens with one attached hydrogen (secondary N) is 2. The summed E-state index contributed by atoms with van der Waals surface area (Å²) in [6.45, 7) is 0.177. The lowest BCUT2D eigenvalue weighted by Gasteiger charge is -2.13. The van der Waals surface area contributed by atoms with Crippen LogP contribution in [0.5, 0.6) is 5.75 Å². The van der Waals surface area contributed by atoms with Gasteiger partial charge in [0.1, 0.15) is 16.5 Å². The van der Waals surface area contributed by atoms with Crippen LogP contribution in [0.2, 0.25) is 0 Å². The highest BCUT2D eigenvalue weighted by Gasteiger charge is 2.22. The normalized spacial score (nSPS) is 11.2. The number of halogens is 2. The van der Waals surface area contributed by atoms with E-state index in [1.54, 1.807) is 6.07 Å². The van der Waals surface area contributed by atoms with Crippen molar-refractivity contribution in [2.45, 2.75) is 11.3 Å². The maximum atomic E-state index is 14.0. The SMILES string of the molecule is COc1ccc(C(=O)Nc2ccc(Br)cc2F)cc1S(=O)(=O)NCCc1ccccc1. The number of hydrogen-bond donors (Lipinski definition) is 2. The molecule has 0 aliphatic heterocycles. The first-order chi connectivity index (χ1) is 14.8. The van der Waals surface area contributed by atoms with Crippen molar-refractivity contribution in [2.24, 2.45) is 0 Å². The smallest absolute Gasteiger partial charge is 0.255 e. The molecule has 3 aromatic carbocycles. The zero-order valence-corrected chi connectivity index (χ0v) is 19.0. The molecule has 6 nitrogen and oxygen atoms in total. The van der Waals surface area contributed by atoms with Crippen molar-refractivity contribution in [1.82, 2.24) is 4.72 Å². The van der Waals surface area contributed by atoms with Crippen LogP contribution >= 0.6 is 15.9 Å². The molecule has 0 aliphatic carbocycles. The van der Waals surface area contributed by atoms with Crippen LogP contribution in [0.1, 0.15) is 15.9 Å². The number of hydrogen-bond acceptors (Lipinski definition) is 4. The van der Waals surface area contributed by atoms with Gasteiger partial charge in [-0.05, 0) is 48.4 Å². The molecule has 3 rings (SSSR count). The van der Waals surface area contributed by atoms with E-state index < -0.39 is 21.7 Å². The van der Waals surface area contributed by atoms with E-state index in [1.165, 1.54) is 37.4 Å². The van der Waals surface area contributed by atoms with Crippen molar-refractivity contribution < 1.29 is 22.3 Å². The lowest BCUT2D eigenvalue weighted by atomic mass is 10.2. The maximum absolute atomic E-state index is 14.0. The fraction of sp³-hybridized carbons (Fsp3) is 0.136. The van der Waals surface area contributed by atoms with Gasteiger partial charge in [0, 0.05) is 16.6 Å². The van der Waals surface area contributed by atoms with Crippen LogP contribution in [0.15, 0.2) is 76.1 Å². The summed E-state index contributed by atoms with van der Waals surface area (Å²) in [7, 11) is -2.61. The molecule has 0 spiro atoms. The van der Waals surface area contributed by atoms with Crippen molar-refractivity contribution in [2.75, 3.05) is 19.0 Å². The molecule has 0 unspecified atom stereocenters. The number of rotatable bonds is 8. The minimum absolute atomic E-state index is 0.0191. The fourth-order valence-corrected chi connectivity index (χ4v) is 4.42. The van der Waals surface area contributed by atoms with Crippen molar-refractivity contribution in [3.05, 3.63) is 88.1 Å². The van der Waals surface area contributed by atoms with Crippen LogP contribution in [-0.4, -0.2) is 28.0 Å². The van der Waals surface area contributed by atoms with Gasteiger partial charge in [-0.15, -0.1) is 0 Å². The maximum Gasteiger partial charge on any atom is 0.255 e. The minimum Gasteiger partial charge on any atom is -0.495 e. The Morgan fingerprint density at radius 3 is 2.48 bits per heavy atom. The summed E-state index contributed by atoms with van der Waals surface area (Å²) in [5, 5.41) is 2.44. The molecule has 162 valence electrons. The van der Waals surface area contributed by atoms with E-state index in [9.17, 15) is 17.6 Å². The Labute approximate surface area is 188 Å². The summed E-state index contributed by atoms with van der Waals surface area (Å²) < 4.78 is 47.9. The predicted molar refractivity (Wildman–Crippen MR) is 120 cm³/mol. The Balaban J connectivity index is 1.79. The highest BCUT2D eigenvalue weighted by atomic mass is 79.9. The van der Waals surface area contributed by atoms with Gasteiger partial charge in [0.25, 0.3) is 5.91 Å². The zero-order valence-electron chi connectivity index (χ0n) is 16.6. The predicted octanol–water partition coefficient (Wildman–Crippen LogP) is 4.37. The molecule has 0 fully saturated rings. The fourth-order valence-electron chi connectivity index (χ4n) is 2.87. The molecule has 9 heteroatoms. The standard InChI is InChI=1S/C22H20BrFN2O4S/c1-30-20-10-7-16(22(27)26-19-9-8-17(23)14-18(19)24)13-21(20)31(28,29)25-12-11-15-5-3-2-4-6-15/h2-10,13-14,25H,11-12H2,1H3,(H,26,27). The lowest BCUT2D eigenvalue weighted by molar-refractivity contribution is 0.102. The lowest BCUT2D eigenvalue weighted by Crippen LogP contribution is -2.27. The largest absolute Gasteiger partial charge is 0.495 e. The van der Waals surface area contributed by atoms with Crippen LogP contribution < -0.4 is 14.8 Å². The molecule has 0 atom stereocenters. The van der Waals surface area contributed by atoms with Crippen molar-refractivity contribution in [3.8, 4) is 5.75 Å². The summed E-state index contributed by atoms with van der Waals surface area (Å²) in [6, 6.07) is 17.7. The van der Waals surface area contributed by atoms with Gasteiger partial charge in [-0.3, -0.25) is 4.79 Å². The molecule has 3 aromatic rings. The second kappa shape index (κ2) is 10.0. The van der Waals surface area contributed by atoms with Gasteiger partial charge in [0.15, 0.2) is 0 Å². The number of amides is 1. The monoisotopic (exact) mass is 506 g/mol. The van der Waals surface area contributed by atoms with Crippen LogP contribution in [-0.2, 0) is 16.4 Å². The van der Waals surface area contributed by atoms with Crippen molar-refractivity contribution in [1.29, 1.82) is 0 Å². The molecular formula is C22H20BrFN2O4S. The molecule has 31 heavy (non-hydrogen) atoms. The highest BCUT2D eigenvalue weighted by Crippen LogP contribution is 2.26. The molecule has 0 heterocycles. The van der Waals surface area contributed by atoms with Crippen molar-refractivity contribution >= 4 is 37.5 Å². The first kappa shape index (κ1) is 22.9. The van der Waals surface area contributed by atoms with Gasteiger partial charge in [0.2, 0.25) is 10.0 Å². The van der Waals surface area contributed by atoms with Gasteiger partial charge >= 0.3 is 0 Å². The summed E-state index contributed by atoms with van der Waals surface area (Å²) >= 11 is 3.15. The Kier molecular flexibility index (Phi) is 7.42. The van der Waals surface area contributed by atoms with Crippen LogP contribution in [0.3, 0.4) is 0 Å². The van der Waals surface area contributed by atoms with E-state index in [4.69, 9.17) is 4.74 Å². The molecule has 0 aliphatic rings. The van der Waals surface area contributed by atoms with E-state index in [2.05, 4.69) is 26.0 Å². The molecule has 0 bridgehead atoms. The van der Waals surface area contributed by atoms with Gasteiger partial charge in [-0.2, -0.15) is 0 Å². The Morgan fingerprint density at radius 2 is 1.81 bits per heavy atom. The second-order valence-corrected chi connectivity index (χ2v) is 9.23.